The van der Waals surface area contributed by atoms with E-state index in [1.807, 2.05) is 6.92 Å². The summed E-state index contributed by atoms with van der Waals surface area (Å²) in [7, 11) is -3.84. The third-order valence-electron chi connectivity index (χ3n) is 4.52. The lowest BCUT2D eigenvalue weighted by molar-refractivity contribution is -0.149. The Morgan fingerprint density at radius 2 is 1.89 bits per heavy atom. The van der Waals surface area contributed by atoms with Crippen LogP contribution in [0.1, 0.15) is 44.6 Å². The fourth-order valence-corrected chi connectivity index (χ4v) is 4.07. The number of benzene rings is 1. The minimum absolute atomic E-state index is 0.0625. The fourth-order valence-electron chi connectivity index (χ4n) is 2.87. The van der Waals surface area contributed by atoms with Gasteiger partial charge in [0.05, 0.1) is 4.90 Å². The molecule has 1 amide bonds. The number of nitrogens with one attached hydrogen (secondary N) is 2. The van der Waals surface area contributed by atoms with E-state index in [1.165, 1.54) is 37.5 Å². The van der Waals surface area contributed by atoms with Crippen molar-refractivity contribution in [3.63, 3.8) is 0 Å². The second-order valence-electron chi connectivity index (χ2n) is 6.97. The molecule has 8 heteroatoms. The van der Waals surface area contributed by atoms with Gasteiger partial charge in [-0.25, -0.2) is 8.42 Å². The summed E-state index contributed by atoms with van der Waals surface area (Å²) in [5.41, 5.74) is 2.28. The van der Waals surface area contributed by atoms with Crippen LogP contribution in [0.2, 0.25) is 0 Å². The maximum absolute atomic E-state index is 12.3. The maximum atomic E-state index is 12.3. The Morgan fingerprint density at radius 3 is 2.54 bits per heavy atom. The average Bonchev–Trinajstić information content (AvgIpc) is 2.67. The molecule has 28 heavy (non-hydrogen) atoms. The number of ether oxygens (including phenoxy) is 1. The number of carbonyl (C=O) groups is 2. The van der Waals surface area contributed by atoms with Gasteiger partial charge in [0.2, 0.25) is 10.0 Å². The smallest absolute Gasteiger partial charge is 0.324 e. The summed E-state index contributed by atoms with van der Waals surface area (Å²) >= 11 is 0. The van der Waals surface area contributed by atoms with E-state index < -0.39 is 34.5 Å². The molecule has 154 valence electrons. The normalized spacial score (nSPS) is 15.4. The van der Waals surface area contributed by atoms with E-state index in [1.54, 1.807) is 12.1 Å². The van der Waals surface area contributed by atoms with Gasteiger partial charge in [0.25, 0.3) is 5.91 Å². The Labute approximate surface area is 166 Å². The molecule has 2 rings (SSSR count). The van der Waals surface area contributed by atoms with Crippen LogP contribution >= 0.6 is 0 Å². The first-order chi connectivity index (χ1) is 13.3. The summed E-state index contributed by atoms with van der Waals surface area (Å²) in [6.07, 6.45) is 7.59. The van der Waals surface area contributed by atoms with Crippen LogP contribution in [0.4, 0.5) is 0 Å². The van der Waals surface area contributed by atoms with Gasteiger partial charge in [0, 0.05) is 6.54 Å². The number of rotatable bonds is 9. The van der Waals surface area contributed by atoms with Gasteiger partial charge >= 0.3 is 5.97 Å². The Bertz CT molecular complexity index is 816. The third-order valence-corrected chi connectivity index (χ3v) is 6.07. The van der Waals surface area contributed by atoms with Gasteiger partial charge in [-0.1, -0.05) is 29.3 Å². The molecule has 0 bridgehead atoms. The van der Waals surface area contributed by atoms with E-state index in [0.717, 1.165) is 24.8 Å². The van der Waals surface area contributed by atoms with Gasteiger partial charge in [-0.2, -0.15) is 4.72 Å². The van der Waals surface area contributed by atoms with E-state index in [-0.39, 0.29) is 4.90 Å². The molecule has 1 aromatic carbocycles. The molecule has 0 radical (unpaired) electrons. The van der Waals surface area contributed by atoms with Gasteiger partial charge in [0.15, 0.2) is 6.61 Å². The Balaban J connectivity index is 1.73. The molecule has 0 saturated heterocycles. The first-order valence-corrected chi connectivity index (χ1v) is 11.0. The molecule has 0 aromatic heterocycles. The van der Waals surface area contributed by atoms with Crippen LogP contribution in [0.15, 0.2) is 40.8 Å². The Kier molecular flexibility index (Phi) is 8.19. The number of esters is 1. The fraction of sp³-hybridized carbons (Fsp3) is 0.500. The molecule has 0 fully saturated rings. The molecule has 2 N–H and O–H groups in total. The van der Waals surface area contributed by atoms with Crippen LogP contribution in [-0.2, 0) is 24.3 Å². The zero-order valence-corrected chi connectivity index (χ0v) is 17.2. The van der Waals surface area contributed by atoms with E-state index in [4.69, 9.17) is 4.74 Å². The highest BCUT2D eigenvalue weighted by Crippen LogP contribution is 2.19. The summed E-state index contributed by atoms with van der Waals surface area (Å²) in [6.45, 7) is 3.29. The molecular formula is C20H28N2O5S. The number of hydrogen-bond acceptors (Lipinski definition) is 5. The molecule has 1 aliphatic rings. The third kappa shape index (κ3) is 7.09. The lowest BCUT2D eigenvalue weighted by Crippen LogP contribution is -2.41. The minimum Gasteiger partial charge on any atom is -0.454 e. The van der Waals surface area contributed by atoms with Crippen molar-refractivity contribution in [3.8, 4) is 0 Å². The van der Waals surface area contributed by atoms with Crippen molar-refractivity contribution >= 4 is 21.9 Å². The van der Waals surface area contributed by atoms with Crippen LogP contribution in [0.25, 0.3) is 0 Å². The van der Waals surface area contributed by atoms with Crippen molar-refractivity contribution in [3.05, 3.63) is 41.5 Å². The number of hydrogen-bond donors (Lipinski definition) is 2. The molecule has 1 aliphatic carbocycles. The lowest BCUT2D eigenvalue weighted by atomic mass is 9.97. The highest BCUT2D eigenvalue weighted by molar-refractivity contribution is 7.89. The molecule has 0 unspecified atom stereocenters. The van der Waals surface area contributed by atoms with Gasteiger partial charge in [-0.15, -0.1) is 0 Å². The van der Waals surface area contributed by atoms with Crippen molar-refractivity contribution in [2.24, 2.45) is 0 Å². The van der Waals surface area contributed by atoms with Crippen molar-refractivity contribution in [2.75, 3.05) is 13.2 Å². The number of carbonyl (C=O) groups excluding carboxylic acids is 2. The second-order valence-corrected chi connectivity index (χ2v) is 8.69. The van der Waals surface area contributed by atoms with E-state index in [2.05, 4.69) is 16.1 Å². The zero-order valence-electron chi connectivity index (χ0n) is 16.4. The highest BCUT2D eigenvalue weighted by Gasteiger charge is 2.23. The quantitative estimate of drug-likeness (QED) is 0.482. The van der Waals surface area contributed by atoms with Crippen molar-refractivity contribution in [1.29, 1.82) is 0 Å². The highest BCUT2D eigenvalue weighted by atomic mass is 32.2. The largest absolute Gasteiger partial charge is 0.454 e. The van der Waals surface area contributed by atoms with E-state index >= 15 is 0 Å². The Morgan fingerprint density at radius 1 is 1.18 bits per heavy atom. The van der Waals surface area contributed by atoms with E-state index in [0.29, 0.717) is 6.54 Å². The van der Waals surface area contributed by atoms with Gasteiger partial charge in [-0.05, 0) is 58.1 Å². The molecular weight excluding hydrogens is 380 g/mol. The minimum atomic E-state index is -3.84. The van der Waals surface area contributed by atoms with Crippen molar-refractivity contribution in [2.45, 2.75) is 56.9 Å². The van der Waals surface area contributed by atoms with Crippen LogP contribution in [0.3, 0.4) is 0 Å². The number of sulfonamides is 1. The van der Waals surface area contributed by atoms with Crippen LogP contribution in [-0.4, -0.2) is 39.5 Å². The van der Waals surface area contributed by atoms with Gasteiger partial charge in [0.1, 0.15) is 6.04 Å². The van der Waals surface area contributed by atoms with Crippen LogP contribution < -0.4 is 10.0 Å². The van der Waals surface area contributed by atoms with Crippen molar-refractivity contribution in [1.82, 2.24) is 10.0 Å². The second kappa shape index (κ2) is 10.4. The molecule has 0 spiro atoms. The zero-order chi connectivity index (χ0) is 20.6. The number of amides is 1. The monoisotopic (exact) mass is 408 g/mol. The lowest BCUT2D eigenvalue weighted by Gasteiger charge is -2.15. The van der Waals surface area contributed by atoms with Gasteiger partial charge in [-0.3, -0.25) is 9.59 Å². The predicted octanol–water partition coefficient (Wildman–Crippen LogP) is 2.21. The van der Waals surface area contributed by atoms with E-state index in [9.17, 15) is 18.0 Å². The topological polar surface area (TPSA) is 102 Å². The summed E-state index contributed by atoms with van der Waals surface area (Å²) in [5.74, 6) is -1.21. The molecule has 0 aliphatic heterocycles. The SMILES string of the molecule is Cc1ccc(S(=O)(=O)N[C@@H](C)C(=O)OCC(=O)NCCC2=CCCCC2)cc1. The molecule has 1 atom stereocenters. The van der Waals surface area contributed by atoms with Crippen LogP contribution in [0.5, 0.6) is 0 Å². The predicted molar refractivity (Wildman–Crippen MR) is 106 cm³/mol. The molecule has 0 saturated carbocycles. The first kappa shape index (κ1) is 22.1. The molecule has 1 aromatic rings. The van der Waals surface area contributed by atoms with Gasteiger partial charge < -0.3 is 10.1 Å². The van der Waals surface area contributed by atoms with Crippen molar-refractivity contribution < 1.29 is 22.7 Å². The summed E-state index contributed by atoms with van der Waals surface area (Å²) in [6, 6.07) is 5.17. The number of allylic oxidation sites excluding steroid dienone is 1. The molecule has 0 heterocycles. The maximum Gasteiger partial charge on any atom is 0.324 e. The number of aryl methyl sites for hydroxylation is 1. The first-order valence-electron chi connectivity index (χ1n) is 9.48. The summed E-state index contributed by atoms with van der Waals surface area (Å²) in [4.78, 5) is 23.9. The summed E-state index contributed by atoms with van der Waals surface area (Å²) < 4.78 is 31.7. The summed E-state index contributed by atoms with van der Waals surface area (Å²) in [5, 5.41) is 2.71. The molecule has 7 nitrogen and oxygen atoms in total. The average molecular weight is 409 g/mol. The van der Waals surface area contributed by atoms with Crippen LogP contribution in [0, 0.1) is 6.92 Å². The standard InChI is InChI=1S/C20H28N2O5S/c1-15-8-10-18(11-9-15)28(25,26)22-16(2)20(24)27-14-19(23)21-13-12-17-6-4-3-5-7-17/h6,8-11,16,22H,3-5,7,12-14H2,1-2H3,(H,21,23)/t16-/m0/s1. The Hall–Kier alpha value is -2.19.